The van der Waals surface area contributed by atoms with Crippen molar-refractivity contribution in [3.05, 3.63) is 64.1 Å². The molecule has 0 radical (unpaired) electrons. The van der Waals surface area contributed by atoms with Gasteiger partial charge >= 0.3 is 0 Å². The van der Waals surface area contributed by atoms with Crippen molar-refractivity contribution >= 4 is 44.8 Å². The molecule has 0 saturated carbocycles. The molecule has 0 aliphatic rings. The maximum atomic E-state index is 12.7. The first-order chi connectivity index (χ1) is 12.1. The summed E-state index contributed by atoms with van der Waals surface area (Å²) in [6.07, 6.45) is 1.04. The van der Waals surface area contributed by atoms with Crippen molar-refractivity contribution in [1.29, 1.82) is 0 Å². The highest BCUT2D eigenvalue weighted by Crippen LogP contribution is 2.29. The van der Waals surface area contributed by atoms with Crippen molar-refractivity contribution in [3.8, 4) is 0 Å². The molecule has 2 rings (SSSR count). The van der Waals surface area contributed by atoms with Gasteiger partial charge in [-0.05, 0) is 37.6 Å². The number of nitrogens with one attached hydrogen (secondary N) is 1. The molecule has 140 valence electrons. The minimum atomic E-state index is -3.72. The molecule has 0 saturated heterocycles. The summed E-state index contributed by atoms with van der Waals surface area (Å²) in [5.74, 6) is -0.419. The van der Waals surface area contributed by atoms with Crippen molar-refractivity contribution < 1.29 is 13.2 Å². The average Bonchev–Trinajstić information content (AvgIpc) is 2.57. The molecule has 2 aromatic rings. The Kier molecular flexibility index (Phi) is 6.55. The highest BCUT2D eigenvalue weighted by molar-refractivity contribution is 7.92. The Balaban J connectivity index is 2.27. The molecule has 0 bridgehead atoms. The van der Waals surface area contributed by atoms with Gasteiger partial charge < -0.3 is 5.32 Å². The van der Waals surface area contributed by atoms with Gasteiger partial charge in [0.2, 0.25) is 15.9 Å². The van der Waals surface area contributed by atoms with Crippen LogP contribution in [0.3, 0.4) is 0 Å². The summed E-state index contributed by atoms with van der Waals surface area (Å²) in [4.78, 5) is 12.7. The number of hydrogen-bond donors (Lipinski definition) is 1. The predicted molar refractivity (Wildman–Crippen MR) is 106 cm³/mol. The molecule has 2 aromatic carbocycles. The predicted octanol–water partition coefficient (Wildman–Crippen LogP) is 4.03. The molecule has 1 N–H and O–H groups in total. The van der Waals surface area contributed by atoms with Gasteiger partial charge in [0.1, 0.15) is 6.04 Å². The maximum Gasteiger partial charge on any atom is 0.244 e. The van der Waals surface area contributed by atoms with Crippen molar-refractivity contribution in [3.63, 3.8) is 0 Å². The van der Waals surface area contributed by atoms with Crippen LogP contribution in [0.5, 0.6) is 0 Å². The van der Waals surface area contributed by atoms with E-state index >= 15 is 0 Å². The van der Waals surface area contributed by atoms with Gasteiger partial charge in [-0.3, -0.25) is 9.10 Å². The van der Waals surface area contributed by atoms with E-state index < -0.39 is 22.0 Å². The molecular weight excluding hydrogens is 395 g/mol. The fourth-order valence-electron chi connectivity index (χ4n) is 2.59. The normalized spacial score (nSPS) is 13.7. The van der Waals surface area contributed by atoms with Crippen LogP contribution in [0.4, 0.5) is 5.69 Å². The number of benzene rings is 2. The largest absolute Gasteiger partial charge is 0.348 e. The van der Waals surface area contributed by atoms with Gasteiger partial charge in [-0.25, -0.2) is 8.42 Å². The average molecular weight is 415 g/mol. The van der Waals surface area contributed by atoms with E-state index in [1.807, 2.05) is 37.3 Å². The summed E-state index contributed by atoms with van der Waals surface area (Å²) in [6.45, 7) is 3.36. The lowest BCUT2D eigenvalue weighted by Gasteiger charge is -2.29. The van der Waals surface area contributed by atoms with Crippen LogP contribution in [0.25, 0.3) is 0 Å². The summed E-state index contributed by atoms with van der Waals surface area (Å²) >= 11 is 11.9. The Hall–Kier alpha value is -1.76. The highest BCUT2D eigenvalue weighted by atomic mass is 35.5. The van der Waals surface area contributed by atoms with E-state index in [0.717, 1.165) is 16.1 Å². The number of rotatable bonds is 6. The SMILES string of the molecule is C[C@H](NC(=O)[C@@H](C)N(c1ccc(Cl)c(Cl)c1)S(C)(=O)=O)c1ccccc1. The summed E-state index contributed by atoms with van der Waals surface area (Å²) < 4.78 is 25.6. The topological polar surface area (TPSA) is 66.5 Å². The zero-order valence-electron chi connectivity index (χ0n) is 14.6. The Morgan fingerprint density at radius 1 is 1.04 bits per heavy atom. The van der Waals surface area contributed by atoms with Crippen molar-refractivity contribution in [1.82, 2.24) is 5.32 Å². The number of nitrogens with zero attached hydrogens (tertiary/aromatic N) is 1. The molecular formula is C18H20Cl2N2O3S. The van der Waals surface area contributed by atoms with Gasteiger partial charge in [0.05, 0.1) is 28.0 Å². The molecule has 0 spiro atoms. The third-order valence-corrected chi connectivity index (χ3v) is 5.89. The third-order valence-electron chi connectivity index (χ3n) is 3.90. The van der Waals surface area contributed by atoms with E-state index in [9.17, 15) is 13.2 Å². The van der Waals surface area contributed by atoms with Crippen molar-refractivity contribution in [2.75, 3.05) is 10.6 Å². The van der Waals surface area contributed by atoms with Gasteiger partial charge in [-0.15, -0.1) is 0 Å². The standard InChI is InChI=1S/C18H20Cl2N2O3S/c1-12(14-7-5-4-6-8-14)21-18(23)13(2)22(26(3,24)25)15-9-10-16(19)17(20)11-15/h4-13H,1-3H3,(H,21,23)/t12-,13+/m0/s1. The lowest BCUT2D eigenvalue weighted by atomic mass is 10.1. The number of anilines is 1. The molecule has 2 atom stereocenters. The fraction of sp³-hybridized carbons (Fsp3) is 0.278. The second-order valence-corrected chi connectivity index (χ2v) is 8.65. The molecule has 1 amide bonds. The molecule has 0 unspecified atom stereocenters. The third kappa shape index (κ3) is 4.90. The number of hydrogen-bond acceptors (Lipinski definition) is 3. The van der Waals surface area contributed by atoms with Gasteiger partial charge in [0, 0.05) is 0 Å². The maximum absolute atomic E-state index is 12.7. The second kappa shape index (κ2) is 8.29. The number of sulfonamides is 1. The molecule has 0 aliphatic carbocycles. The van der Waals surface area contributed by atoms with E-state index in [4.69, 9.17) is 23.2 Å². The first-order valence-corrected chi connectivity index (χ1v) is 10.5. The number of amides is 1. The van der Waals surface area contributed by atoms with E-state index in [-0.39, 0.29) is 16.8 Å². The summed E-state index contributed by atoms with van der Waals surface area (Å²) in [5, 5.41) is 3.36. The van der Waals surface area contributed by atoms with Crippen LogP contribution in [0.15, 0.2) is 48.5 Å². The van der Waals surface area contributed by atoms with Crippen LogP contribution in [0.2, 0.25) is 10.0 Å². The lowest BCUT2D eigenvalue weighted by molar-refractivity contribution is -0.122. The Labute approximate surface area is 164 Å². The van der Waals surface area contributed by atoms with Gasteiger partial charge in [0.25, 0.3) is 0 Å². The van der Waals surface area contributed by atoms with Crippen LogP contribution in [0.1, 0.15) is 25.5 Å². The Morgan fingerprint density at radius 3 is 2.19 bits per heavy atom. The van der Waals surface area contributed by atoms with Crippen LogP contribution in [-0.4, -0.2) is 26.6 Å². The van der Waals surface area contributed by atoms with E-state index in [0.29, 0.717) is 5.02 Å². The number of carbonyl (C=O) groups is 1. The zero-order chi connectivity index (χ0) is 19.5. The molecule has 0 aliphatic heterocycles. The molecule has 8 heteroatoms. The Bertz CT molecular complexity index is 889. The zero-order valence-corrected chi connectivity index (χ0v) is 16.9. The van der Waals surface area contributed by atoms with Crippen molar-refractivity contribution in [2.24, 2.45) is 0 Å². The molecule has 26 heavy (non-hydrogen) atoms. The van der Waals surface area contributed by atoms with Crippen LogP contribution in [-0.2, 0) is 14.8 Å². The van der Waals surface area contributed by atoms with Crippen LogP contribution < -0.4 is 9.62 Å². The van der Waals surface area contributed by atoms with Gasteiger partial charge in [-0.1, -0.05) is 53.5 Å². The molecule has 0 heterocycles. The first kappa shape index (κ1) is 20.6. The molecule has 0 fully saturated rings. The fourth-order valence-corrected chi connectivity index (χ4v) is 4.05. The van der Waals surface area contributed by atoms with Crippen molar-refractivity contribution in [2.45, 2.75) is 25.9 Å². The number of carbonyl (C=O) groups excluding carboxylic acids is 1. The van der Waals surface area contributed by atoms with Crippen LogP contribution >= 0.6 is 23.2 Å². The summed E-state index contributed by atoms with van der Waals surface area (Å²) in [6, 6.07) is 12.6. The van der Waals surface area contributed by atoms with Gasteiger partial charge in [-0.2, -0.15) is 0 Å². The molecule has 5 nitrogen and oxygen atoms in total. The smallest absolute Gasteiger partial charge is 0.244 e. The van der Waals surface area contributed by atoms with E-state index in [2.05, 4.69) is 5.32 Å². The quantitative estimate of drug-likeness (QED) is 0.775. The summed E-state index contributed by atoms with van der Waals surface area (Å²) in [5.41, 5.74) is 1.20. The summed E-state index contributed by atoms with van der Waals surface area (Å²) in [7, 11) is -3.72. The highest BCUT2D eigenvalue weighted by Gasteiger charge is 2.30. The minimum Gasteiger partial charge on any atom is -0.348 e. The van der Waals surface area contributed by atoms with E-state index in [1.165, 1.54) is 25.1 Å². The Morgan fingerprint density at radius 2 is 1.65 bits per heavy atom. The van der Waals surface area contributed by atoms with Crippen LogP contribution in [0, 0.1) is 0 Å². The van der Waals surface area contributed by atoms with E-state index in [1.54, 1.807) is 0 Å². The monoisotopic (exact) mass is 414 g/mol. The minimum absolute atomic E-state index is 0.211. The lowest BCUT2D eigenvalue weighted by Crippen LogP contribution is -2.48. The number of halogens is 2. The molecule has 0 aromatic heterocycles. The second-order valence-electron chi connectivity index (χ2n) is 5.97. The van der Waals surface area contributed by atoms with Gasteiger partial charge in [0.15, 0.2) is 0 Å². The first-order valence-electron chi connectivity index (χ1n) is 7.91.